The molecule has 2 rings (SSSR count). The fourth-order valence-corrected chi connectivity index (χ4v) is 2.79. The van der Waals surface area contributed by atoms with Crippen LogP contribution in [0.2, 0.25) is 0 Å². The molecule has 0 saturated heterocycles. The van der Waals surface area contributed by atoms with Gasteiger partial charge in [-0.3, -0.25) is 4.79 Å². The van der Waals surface area contributed by atoms with Crippen molar-refractivity contribution >= 4 is 21.8 Å². The summed E-state index contributed by atoms with van der Waals surface area (Å²) in [5.74, 6) is -0.647. The first kappa shape index (κ1) is 15.4. The molecule has 1 N–H and O–H groups in total. The molecule has 1 aliphatic carbocycles. The van der Waals surface area contributed by atoms with Gasteiger partial charge in [0.25, 0.3) is 5.91 Å². The summed E-state index contributed by atoms with van der Waals surface area (Å²) in [5.41, 5.74) is -1.55. The first-order valence-corrected chi connectivity index (χ1v) is 7.26. The highest BCUT2D eigenvalue weighted by atomic mass is 79.9. The average molecular weight is 350 g/mol. The van der Waals surface area contributed by atoms with E-state index in [1.807, 2.05) is 6.92 Å². The number of benzene rings is 1. The van der Waals surface area contributed by atoms with Crippen LogP contribution in [-0.4, -0.2) is 11.4 Å². The van der Waals surface area contributed by atoms with Crippen molar-refractivity contribution in [2.24, 2.45) is 0 Å². The molecule has 0 aromatic heterocycles. The van der Waals surface area contributed by atoms with E-state index >= 15 is 0 Å². The Morgan fingerprint density at radius 2 is 2.05 bits per heavy atom. The topological polar surface area (TPSA) is 29.1 Å². The number of hydrogen-bond donors (Lipinski definition) is 1. The molecule has 20 heavy (non-hydrogen) atoms. The number of rotatable bonds is 3. The molecule has 1 fully saturated rings. The number of halogens is 4. The van der Waals surface area contributed by atoms with Gasteiger partial charge in [0, 0.05) is 10.0 Å². The van der Waals surface area contributed by atoms with E-state index in [1.54, 1.807) is 0 Å². The van der Waals surface area contributed by atoms with Crippen LogP contribution < -0.4 is 5.32 Å². The first-order chi connectivity index (χ1) is 9.27. The minimum atomic E-state index is -4.55. The molecule has 0 aliphatic heterocycles. The van der Waals surface area contributed by atoms with Crippen molar-refractivity contribution in [1.29, 1.82) is 0 Å². The minimum absolute atomic E-state index is 0.301. The van der Waals surface area contributed by atoms with Crippen molar-refractivity contribution < 1.29 is 18.0 Å². The molecule has 1 aromatic carbocycles. The van der Waals surface area contributed by atoms with Crippen LogP contribution in [0.15, 0.2) is 22.7 Å². The summed E-state index contributed by atoms with van der Waals surface area (Å²) in [6, 6.07) is 3.60. The second-order valence-electron chi connectivity index (χ2n) is 5.13. The third-order valence-corrected chi connectivity index (χ3v) is 4.39. The molecule has 110 valence electrons. The van der Waals surface area contributed by atoms with Gasteiger partial charge in [-0.15, -0.1) is 0 Å². The van der Waals surface area contributed by atoms with Gasteiger partial charge in [-0.2, -0.15) is 13.2 Å². The summed E-state index contributed by atoms with van der Waals surface area (Å²) in [6.45, 7) is 1.94. The fraction of sp³-hybridized carbons (Fsp3) is 0.500. The van der Waals surface area contributed by atoms with E-state index in [2.05, 4.69) is 21.2 Å². The number of carbonyl (C=O) groups is 1. The van der Waals surface area contributed by atoms with Gasteiger partial charge in [-0.05, 0) is 43.9 Å². The Morgan fingerprint density at radius 3 is 2.50 bits per heavy atom. The van der Waals surface area contributed by atoms with Crippen molar-refractivity contribution in [3.05, 3.63) is 33.8 Å². The number of hydrogen-bond acceptors (Lipinski definition) is 1. The number of carbonyl (C=O) groups excluding carboxylic acids is 1. The normalized spacial score (nSPS) is 17.4. The predicted molar refractivity (Wildman–Crippen MR) is 73.5 cm³/mol. The monoisotopic (exact) mass is 349 g/mol. The van der Waals surface area contributed by atoms with E-state index in [4.69, 9.17) is 0 Å². The largest absolute Gasteiger partial charge is 0.417 e. The zero-order chi connectivity index (χ0) is 15.0. The van der Waals surface area contributed by atoms with Gasteiger partial charge in [0.2, 0.25) is 0 Å². The van der Waals surface area contributed by atoms with Crippen LogP contribution in [0.4, 0.5) is 13.2 Å². The molecule has 1 saturated carbocycles. The van der Waals surface area contributed by atoms with Gasteiger partial charge in [0.1, 0.15) is 0 Å². The summed E-state index contributed by atoms with van der Waals surface area (Å²) in [6.07, 6.45) is -1.16. The molecular weight excluding hydrogens is 335 g/mol. The third-order valence-electron chi connectivity index (χ3n) is 3.90. The van der Waals surface area contributed by atoms with Crippen molar-refractivity contribution in [3.8, 4) is 0 Å². The lowest BCUT2D eigenvalue weighted by Gasteiger charge is -2.42. The zero-order valence-corrected chi connectivity index (χ0v) is 12.6. The van der Waals surface area contributed by atoms with Gasteiger partial charge in [-0.25, -0.2) is 0 Å². The molecule has 0 atom stereocenters. The molecule has 0 bridgehead atoms. The van der Waals surface area contributed by atoms with Crippen molar-refractivity contribution in [3.63, 3.8) is 0 Å². The van der Waals surface area contributed by atoms with Gasteiger partial charge >= 0.3 is 6.18 Å². The van der Waals surface area contributed by atoms with Gasteiger partial charge < -0.3 is 5.32 Å². The molecule has 1 aliphatic rings. The molecule has 0 spiro atoms. The Hall–Kier alpha value is -1.04. The lowest BCUT2D eigenvalue weighted by Crippen LogP contribution is -2.53. The highest BCUT2D eigenvalue weighted by Crippen LogP contribution is 2.37. The summed E-state index contributed by atoms with van der Waals surface area (Å²) in [4.78, 5) is 12.2. The number of nitrogens with one attached hydrogen (secondary N) is 1. The van der Waals surface area contributed by atoms with Gasteiger partial charge in [-0.1, -0.05) is 22.9 Å². The van der Waals surface area contributed by atoms with Gasteiger partial charge in [0.05, 0.1) is 11.1 Å². The molecule has 6 heteroatoms. The molecule has 2 nitrogen and oxygen atoms in total. The Morgan fingerprint density at radius 1 is 1.40 bits per heavy atom. The lowest BCUT2D eigenvalue weighted by atomic mass is 9.74. The Kier molecular flexibility index (Phi) is 4.14. The van der Waals surface area contributed by atoms with Crippen LogP contribution in [0.25, 0.3) is 0 Å². The summed E-state index contributed by atoms with van der Waals surface area (Å²) in [5, 5.41) is 2.77. The van der Waals surface area contributed by atoms with Crippen LogP contribution in [-0.2, 0) is 6.18 Å². The molecule has 0 heterocycles. The summed E-state index contributed by atoms with van der Waals surface area (Å²) >= 11 is 3.01. The predicted octanol–water partition coefficient (Wildman–Crippen LogP) is 4.53. The molecule has 1 aromatic rings. The number of alkyl halides is 3. The van der Waals surface area contributed by atoms with Crippen molar-refractivity contribution in [2.75, 3.05) is 0 Å². The van der Waals surface area contributed by atoms with Crippen molar-refractivity contribution in [2.45, 2.75) is 44.3 Å². The molecule has 0 radical (unpaired) electrons. The molecular formula is C14H15BrF3NO. The van der Waals surface area contributed by atoms with Gasteiger partial charge in [0.15, 0.2) is 0 Å². The minimum Gasteiger partial charge on any atom is -0.347 e. The van der Waals surface area contributed by atoms with Crippen LogP contribution in [0.5, 0.6) is 0 Å². The quantitative estimate of drug-likeness (QED) is 0.853. The first-order valence-electron chi connectivity index (χ1n) is 6.47. The van der Waals surface area contributed by atoms with E-state index in [0.717, 1.165) is 31.7 Å². The summed E-state index contributed by atoms with van der Waals surface area (Å²) in [7, 11) is 0. The summed E-state index contributed by atoms with van der Waals surface area (Å²) < 4.78 is 39.3. The molecule has 1 amide bonds. The van der Waals surface area contributed by atoms with E-state index in [-0.39, 0.29) is 11.1 Å². The van der Waals surface area contributed by atoms with Crippen LogP contribution >= 0.6 is 15.9 Å². The lowest BCUT2D eigenvalue weighted by molar-refractivity contribution is -0.138. The maximum absolute atomic E-state index is 13.0. The standard InChI is InChI=1S/C14H15BrF3NO/c1-2-13(6-3-7-13)19-12(20)10-5-4-9(15)8-11(10)14(16,17)18/h4-5,8H,2-3,6-7H2,1H3,(H,19,20). The average Bonchev–Trinajstić information content (AvgIpc) is 2.32. The highest BCUT2D eigenvalue weighted by Gasteiger charge is 2.39. The van der Waals surface area contributed by atoms with Crippen LogP contribution in [0.3, 0.4) is 0 Å². The van der Waals surface area contributed by atoms with Crippen molar-refractivity contribution in [1.82, 2.24) is 5.32 Å². The second-order valence-corrected chi connectivity index (χ2v) is 6.04. The highest BCUT2D eigenvalue weighted by molar-refractivity contribution is 9.10. The maximum Gasteiger partial charge on any atom is 0.417 e. The second kappa shape index (κ2) is 5.39. The smallest absolute Gasteiger partial charge is 0.347 e. The molecule has 0 unspecified atom stereocenters. The Bertz CT molecular complexity index is 518. The van der Waals surface area contributed by atoms with E-state index < -0.39 is 17.6 Å². The third kappa shape index (κ3) is 3.00. The van der Waals surface area contributed by atoms with Crippen LogP contribution in [0, 0.1) is 0 Å². The zero-order valence-electron chi connectivity index (χ0n) is 11.0. The Balaban J connectivity index is 2.30. The fourth-order valence-electron chi connectivity index (χ4n) is 2.43. The maximum atomic E-state index is 13.0. The number of amides is 1. The Labute approximate surface area is 123 Å². The SMILES string of the molecule is CCC1(NC(=O)c2ccc(Br)cc2C(F)(F)F)CCC1. The van der Waals surface area contributed by atoms with E-state index in [1.165, 1.54) is 12.1 Å². The van der Waals surface area contributed by atoms with Crippen LogP contribution in [0.1, 0.15) is 48.5 Å². The van der Waals surface area contributed by atoms with E-state index in [9.17, 15) is 18.0 Å². The van der Waals surface area contributed by atoms with E-state index in [0.29, 0.717) is 4.47 Å².